The van der Waals surface area contributed by atoms with Gasteiger partial charge in [-0.1, -0.05) is 38.5 Å². The third-order valence-corrected chi connectivity index (χ3v) is 3.50. The van der Waals surface area contributed by atoms with Gasteiger partial charge in [-0.25, -0.2) is 0 Å². The lowest BCUT2D eigenvalue weighted by molar-refractivity contribution is 0.258. The molecule has 1 aromatic heterocycles. The van der Waals surface area contributed by atoms with E-state index in [2.05, 4.69) is 56.1 Å². The van der Waals surface area contributed by atoms with E-state index in [1.165, 1.54) is 5.57 Å². The van der Waals surface area contributed by atoms with Crippen LogP contribution in [-0.4, -0.2) is 15.0 Å². The molecule has 0 bridgehead atoms. The van der Waals surface area contributed by atoms with Gasteiger partial charge in [0.15, 0.2) is 0 Å². The van der Waals surface area contributed by atoms with Crippen LogP contribution in [-0.2, 0) is 5.54 Å². The number of aromatic nitrogens is 3. The van der Waals surface area contributed by atoms with Crippen LogP contribution in [0.5, 0.6) is 0 Å². The molecule has 2 rings (SSSR count). The first-order chi connectivity index (χ1) is 8.53. The zero-order valence-electron chi connectivity index (χ0n) is 11.8. The lowest BCUT2D eigenvalue weighted by atomic mass is 9.97. The Labute approximate surface area is 110 Å². The quantitative estimate of drug-likeness (QED) is 0.808. The third-order valence-electron chi connectivity index (χ3n) is 3.50. The van der Waals surface area contributed by atoms with Crippen LogP contribution in [0.4, 0.5) is 0 Å². The number of rotatable bonds is 4. The molecule has 0 aliphatic heterocycles. The summed E-state index contributed by atoms with van der Waals surface area (Å²) in [6, 6.07) is 0. The molecule has 1 aliphatic carbocycles. The highest BCUT2D eigenvalue weighted by molar-refractivity contribution is 5.71. The molecule has 1 aromatic rings. The average Bonchev–Trinajstić information content (AvgIpc) is 2.80. The Hall–Kier alpha value is -1.38. The second-order valence-electron chi connectivity index (χ2n) is 5.81. The normalized spacial score (nSPS) is 20.0. The molecule has 0 amide bonds. The van der Waals surface area contributed by atoms with E-state index in [4.69, 9.17) is 0 Å². The van der Waals surface area contributed by atoms with Crippen LogP contribution in [0.1, 0.15) is 52.7 Å². The molecule has 0 N–H and O–H groups in total. The molecule has 0 fully saturated rings. The van der Waals surface area contributed by atoms with Crippen LogP contribution in [0.2, 0.25) is 0 Å². The Morgan fingerprint density at radius 1 is 1.44 bits per heavy atom. The molecule has 98 valence electrons. The summed E-state index contributed by atoms with van der Waals surface area (Å²) in [5, 5.41) is 9.07. The van der Waals surface area contributed by atoms with Crippen molar-refractivity contribution < 1.29 is 0 Å². The molecule has 1 atom stereocenters. The molecule has 1 unspecified atom stereocenters. The van der Waals surface area contributed by atoms with Crippen LogP contribution in [0, 0.1) is 5.92 Å². The first kappa shape index (κ1) is 13.1. The largest absolute Gasteiger partial charge is 0.179 e. The fourth-order valence-corrected chi connectivity index (χ4v) is 2.32. The minimum Gasteiger partial charge on any atom is -0.179 e. The third kappa shape index (κ3) is 2.71. The van der Waals surface area contributed by atoms with Crippen molar-refractivity contribution in [1.29, 1.82) is 0 Å². The topological polar surface area (TPSA) is 30.7 Å². The van der Waals surface area contributed by atoms with Gasteiger partial charge in [-0.3, -0.25) is 0 Å². The van der Waals surface area contributed by atoms with Crippen LogP contribution >= 0.6 is 0 Å². The highest BCUT2D eigenvalue weighted by Crippen LogP contribution is 2.24. The molecule has 0 radical (unpaired) electrons. The van der Waals surface area contributed by atoms with E-state index in [1.54, 1.807) is 0 Å². The summed E-state index contributed by atoms with van der Waals surface area (Å²) < 4.78 is 0. The maximum atomic E-state index is 4.64. The van der Waals surface area contributed by atoms with E-state index in [9.17, 15) is 0 Å². The number of nitrogens with zero attached hydrogens (tertiary/aromatic N) is 3. The summed E-state index contributed by atoms with van der Waals surface area (Å²) in [5.41, 5.74) is 2.19. The van der Waals surface area contributed by atoms with Gasteiger partial charge >= 0.3 is 0 Å². The average molecular weight is 245 g/mol. The van der Waals surface area contributed by atoms with Crippen molar-refractivity contribution in [1.82, 2.24) is 15.0 Å². The van der Waals surface area contributed by atoms with Gasteiger partial charge in [0.2, 0.25) is 0 Å². The van der Waals surface area contributed by atoms with Crippen molar-refractivity contribution in [2.24, 2.45) is 5.92 Å². The molecule has 1 aliphatic rings. The summed E-state index contributed by atoms with van der Waals surface area (Å²) >= 11 is 0. The number of allylic oxidation sites excluding steroid dienone is 4. The van der Waals surface area contributed by atoms with Crippen LogP contribution in [0.15, 0.2) is 24.4 Å². The SMILES string of the molecule is CCCC(C)(C)n1ncc(C2=CCC(C)C=C2)n1. The second-order valence-corrected chi connectivity index (χ2v) is 5.81. The second kappa shape index (κ2) is 5.09. The van der Waals surface area contributed by atoms with Gasteiger partial charge in [0, 0.05) is 0 Å². The molecular weight excluding hydrogens is 222 g/mol. The van der Waals surface area contributed by atoms with E-state index >= 15 is 0 Å². The minimum atomic E-state index is -0.000761. The molecule has 0 spiro atoms. The predicted molar refractivity (Wildman–Crippen MR) is 75.2 cm³/mol. The molecule has 1 heterocycles. The first-order valence-corrected chi connectivity index (χ1v) is 6.84. The van der Waals surface area contributed by atoms with Gasteiger partial charge in [0.05, 0.1) is 11.7 Å². The highest BCUT2D eigenvalue weighted by atomic mass is 15.5. The summed E-state index contributed by atoms with van der Waals surface area (Å²) in [4.78, 5) is 1.86. The molecule has 18 heavy (non-hydrogen) atoms. The number of hydrogen-bond acceptors (Lipinski definition) is 2. The Bertz CT molecular complexity index is 466. The van der Waals surface area contributed by atoms with E-state index in [0.29, 0.717) is 5.92 Å². The summed E-state index contributed by atoms with van der Waals surface area (Å²) in [7, 11) is 0. The highest BCUT2D eigenvalue weighted by Gasteiger charge is 2.22. The Morgan fingerprint density at radius 2 is 2.22 bits per heavy atom. The molecule has 0 saturated carbocycles. The van der Waals surface area contributed by atoms with Crippen molar-refractivity contribution in [3.8, 4) is 0 Å². The first-order valence-electron chi connectivity index (χ1n) is 6.84. The molecule has 3 heteroatoms. The lowest BCUT2D eigenvalue weighted by Crippen LogP contribution is -2.28. The predicted octanol–water partition coefficient (Wildman–Crippen LogP) is 3.79. The maximum absolute atomic E-state index is 4.64. The van der Waals surface area contributed by atoms with Crippen LogP contribution < -0.4 is 0 Å². The van der Waals surface area contributed by atoms with Gasteiger partial charge in [-0.2, -0.15) is 15.0 Å². The van der Waals surface area contributed by atoms with Crippen LogP contribution in [0.3, 0.4) is 0 Å². The smallest absolute Gasteiger partial charge is 0.112 e. The Kier molecular flexibility index (Phi) is 3.69. The van der Waals surface area contributed by atoms with E-state index in [1.807, 2.05) is 11.0 Å². The molecule has 3 nitrogen and oxygen atoms in total. The Balaban J connectivity index is 2.19. The number of hydrogen-bond donors (Lipinski definition) is 0. The van der Waals surface area contributed by atoms with E-state index in [0.717, 1.165) is 25.0 Å². The van der Waals surface area contributed by atoms with Crippen molar-refractivity contribution in [2.75, 3.05) is 0 Å². The molecular formula is C15H23N3. The Morgan fingerprint density at radius 3 is 2.83 bits per heavy atom. The molecule has 0 aromatic carbocycles. The molecule has 0 saturated heterocycles. The van der Waals surface area contributed by atoms with Crippen molar-refractivity contribution in [3.63, 3.8) is 0 Å². The summed E-state index contributed by atoms with van der Waals surface area (Å²) in [5.74, 6) is 0.639. The monoisotopic (exact) mass is 245 g/mol. The summed E-state index contributed by atoms with van der Waals surface area (Å²) in [6.45, 7) is 8.80. The van der Waals surface area contributed by atoms with Gasteiger partial charge < -0.3 is 0 Å². The van der Waals surface area contributed by atoms with Crippen molar-refractivity contribution in [2.45, 2.75) is 52.5 Å². The fourth-order valence-electron chi connectivity index (χ4n) is 2.32. The van der Waals surface area contributed by atoms with Crippen molar-refractivity contribution >= 4 is 5.57 Å². The minimum absolute atomic E-state index is 0.000761. The van der Waals surface area contributed by atoms with E-state index < -0.39 is 0 Å². The standard InChI is InChI=1S/C15H23N3/c1-5-10-15(3,4)18-16-11-14(17-18)13-8-6-12(2)7-9-13/h6,8-9,11-12H,5,7,10H2,1-4H3. The summed E-state index contributed by atoms with van der Waals surface area (Å²) in [6.07, 6.45) is 11.9. The van der Waals surface area contributed by atoms with Crippen molar-refractivity contribution in [3.05, 3.63) is 30.1 Å². The fraction of sp³-hybridized carbons (Fsp3) is 0.600. The van der Waals surface area contributed by atoms with Gasteiger partial charge in [0.25, 0.3) is 0 Å². The van der Waals surface area contributed by atoms with Gasteiger partial charge in [-0.15, -0.1) is 0 Å². The maximum Gasteiger partial charge on any atom is 0.112 e. The lowest BCUT2D eigenvalue weighted by Gasteiger charge is -2.22. The van der Waals surface area contributed by atoms with Gasteiger partial charge in [0.1, 0.15) is 5.69 Å². The van der Waals surface area contributed by atoms with E-state index in [-0.39, 0.29) is 5.54 Å². The van der Waals surface area contributed by atoms with Gasteiger partial charge in [-0.05, 0) is 38.2 Å². The van der Waals surface area contributed by atoms with Crippen LogP contribution in [0.25, 0.3) is 5.57 Å². The zero-order valence-corrected chi connectivity index (χ0v) is 11.8. The zero-order chi connectivity index (χ0) is 13.2.